The summed E-state index contributed by atoms with van der Waals surface area (Å²) in [5, 5.41) is 0. The van der Waals surface area contributed by atoms with Gasteiger partial charge >= 0.3 is 0 Å². The van der Waals surface area contributed by atoms with Crippen molar-refractivity contribution < 1.29 is 0 Å². The third kappa shape index (κ3) is 1.33. The van der Waals surface area contributed by atoms with Gasteiger partial charge in [-0.25, -0.2) is 0 Å². The third-order valence-corrected chi connectivity index (χ3v) is 5.17. The topological polar surface area (TPSA) is 0 Å². The highest BCUT2D eigenvalue weighted by Crippen LogP contribution is 2.71. The van der Waals surface area contributed by atoms with E-state index in [-0.39, 0.29) is 0 Å². The van der Waals surface area contributed by atoms with Gasteiger partial charge in [0.2, 0.25) is 0 Å². The predicted molar refractivity (Wildman–Crippen MR) is 57.6 cm³/mol. The van der Waals surface area contributed by atoms with Crippen LogP contribution in [-0.4, -0.2) is 0 Å². The fourth-order valence-corrected chi connectivity index (χ4v) is 3.56. The highest BCUT2D eigenvalue weighted by Gasteiger charge is 2.63. The van der Waals surface area contributed by atoms with Crippen molar-refractivity contribution in [1.29, 1.82) is 0 Å². The largest absolute Gasteiger partial charge is 0.0651 e. The Morgan fingerprint density at radius 3 is 2.31 bits per heavy atom. The molecule has 0 bridgehead atoms. The van der Waals surface area contributed by atoms with E-state index in [0.717, 1.165) is 29.1 Å². The van der Waals surface area contributed by atoms with Crippen LogP contribution < -0.4 is 0 Å². The molecule has 1 spiro atoms. The summed E-state index contributed by atoms with van der Waals surface area (Å²) in [6.07, 6.45) is 5.95. The zero-order chi connectivity index (χ0) is 9.64. The molecule has 0 aliphatic heterocycles. The van der Waals surface area contributed by atoms with Gasteiger partial charge in [-0.3, -0.25) is 0 Å². The summed E-state index contributed by atoms with van der Waals surface area (Å²) < 4.78 is 0. The Morgan fingerprint density at radius 1 is 1.31 bits per heavy atom. The molecular formula is C13H24. The summed E-state index contributed by atoms with van der Waals surface area (Å²) in [5.74, 6) is 4.12. The van der Waals surface area contributed by atoms with Crippen molar-refractivity contribution in [3.05, 3.63) is 0 Å². The Labute approximate surface area is 83.1 Å². The van der Waals surface area contributed by atoms with Gasteiger partial charge < -0.3 is 0 Å². The van der Waals surface area contributed by atoms with Gasteiger partial charge in [-0.2, -0.15) is 0 Å². The first-order valence-corrected chi connectivity index (χ1v) is 6.10. The van der Waals surface area contributed by atoms with Crippen LogP contribution in [0.5, 0.6) is 0 Å². The maximum Gasteiger partial charge on any atom is -0.0238 e. The summed E-state index contributed by atoms with van der Waals surface area (Å²) in [6, 6.07) is 0. The first-order valence-electron chi connectivity index (χ1n) is 6.10. The first-order chi connectivity index (χ1) is 6.10. The minimum absolute atomic E-state index is 0.845. The van der Waals surface area contributed by atoms with Gasteiger partial charge in [0.05, 0.1) is 0 Å². The lowest BCUT2D eigenvalue weighted by atomic mass is 9.59. The summed E-state index contributed by atoms with van der Waals surface area (Å²) in [7, 11) is 0. The Kier molecular flexibility index (Phi) is 2.20. The third-order valence-electron chi connectivity index (χ3n) is 5.17. The molecule has 2 saturated carbocycles. The molecule has 5 atom stereocenters. The second-order valence-corrected chi connectivity index (χ2v) is 5.84. The molecule has 5 unspecified atom stereocenters. The highest BCUT2D eigenvalue weighted by molar-refractivity contribution is 5.12. The minimum Gasteiger partial charge on any atom is -0.0651 e. The molecule has 0 aromatic heterocycles. The lowest BCUT2D eigenvalue weighted by molar-refractivity contribution is 0.0330. The number of rotatable bonds is 3. The average Bonchev–Trinajstić information content (AvgIpc) is 2.78. The molecular weight excluding hydrogens is 156 g/mol. The van der Waals surface area contributed by atoms with Gasteiger partial charge in [-0.15, -0.1) is 0 Å². The summed E-state index contributed by atoms with van der Waals surface area (Å²) in [5.41, 5.74) is 0.845. The van der Waals surface area contributed by atoms with E-state index in [2.05, 4.69) is 27.7 Å². The second-order valence-electron chi connectivity index (χ2n) is 5.84. The van der Waals surface area contributed by atoms with Crippen molar-refractivity contribution in [2.24, 2.45) is 29.1 Å². The van der Waals surface area contributed by atoms with Crippen molar-refractivity contribution in [3.63, 3.8) is 0 Å². The Balaban J connectivity index is 1.81. The lowest BCUT2D eigenvalue weighted by Gasteiger charge is -2.46. The monoisotopic (exact) mass is 180 g/mol. The lowest BCUT2D eigenvalue weighted by Crippen LogP contribution is -2.38. The SMILES string of the molecule is CCC(C)CC1CC2(CC2C)C1C. The molecule has 0 radical (unpaired) electrons. The van der Waals surface area contributed by atoms with Gasteiger partial charge in [0.1, 0.15) is 0 Å². The van der Waals surface area contributed by atoms with Crippen LogP contribution in [-0.2, 0) is 0 Å². The van der Waals surface area contributed by atoms with E-state index in [4.69, 9.17) is 0 Å². The fourth-order valence-electron chi connectivity index (χ4n) is 3.56. The molecule has 0 heterocycles. The van der Waals surface area contributed by atoms with E-state index in [9.17, 15) is 0 Å². The molecule has 2 aliphatic carbocycles. The van der Waals surface area contributed by atoms with E-state index in [1.54, 1.807) is 6.42 Å². The zero-order valence-corrected chi connectivity index (χ0v) is 9.64. The smallest absolute Gasteiger partial charge is 0.0238 e. The molecule has 2 rings (SSSR count). The van der Waals surface area contributed by atoms with Crippen LogP contribution in [0.3, 0.4) is 0 Å². The Bertz CT molecular complexity index is 194. The molecule has 2 aliphatic rings. The summed E-state index contributed by atoms with van der Waals surface area (Å²) >= 11 is 0. The van der Waals surface area contributed by atoms with Crippen LogP contribution in [0.1, 0.15) is 53.4 Å². The van der Waals surface area contributed by atoms with Crippen LogP contribution in [0, 0.1) is 29.1 Å². The highest BCUT2D eigenvalue weighted by atomic mass is 14.7. The second kappa shape index (κ2) is 3.00. The Morgan fingerprint density at radius 2 is 1.92 bits per heavy atom. The van der Waals surface area contributed by atoms with E-state index in [0.29, 0.717) is 0 Å². The van der Waals surface area contributed by atoms with Crippen molar-refractivity contribution in [1.82, 2.24) is 0 Å². The van der Waals surface area contributed by atoms with Crippen molar-refractivity contribution >= 4 is 0 Å². The molecule has 13 heavy (non-hydrogen) atoms. The van der Waals surface area contributed by atoms with Crippen LogP contribution in [0.2, 0.25) is 0 Å². The van der Waals surface area contributed by atoms with E-state index < -0.39 is 0 Å². The van der Waals surface area contributed by atoms with Gasteiger partial charge in [0.15, 0.2) is 0 Å². The normalized spacial score (nSPS) is 50.3. The summed E-state index contributed by atoms with van der Waals surface area (Å²) in [6.45, 7) is 9.67. The van der Waals surface area contributed by atoms with Crippen molar-refractivity contribution in [2.75, 3.05) is 0 Å². The Hall–Kier alpha value is 0. The maximum atomic E-state index is 2.50. The fraction of sp³-hybridized carbons (Fsp3) is 1.00. The molecule has 2 fully saturated rings. The van der Waals surface area contributed by atoms with Crippen LogP contribution in [0.15, 0.2) is 0 Å². The molecule has 76 valence electrons. The molecule has 0 saturated heterocycles. The molecule has 0 amide bonds. The average molecular weight is 180 g/mol. The van der Waals surface area contributed by atoms with Crippen LogP contribution in [0.25, 0.3) is 0 Å². The molecule has 0 heteroatoms. The van der Waals surface area contributed by atoms with Crippen molar-refractivity contribution in [2.45, 2.75) is 53.4 Å². The zero-order valence-electron chi connectivity index (χ0n) is 9.64. The summed E-state index contributed by atoms with van der Waals surface area (Å²) in [4.78, 5) is 0. The van der Waals surface area contributed by atoms with Gasteiger partial charge in [0.25, 0.3) is 0 Å². The molecule has 0 aromatic rings. The number of hydrogen-bond acceptors (Lipinski definition) is 0. The minimum atomic E-state index is 0.845. The molecule has 0 nitrogen and oxygen atoms in total. The predicted octanol–water partition coefficient (Wildman–Crippen LogP) is 4.10. The van der Waals surface area contributed by atoms with Crippen LogP contribution >= 0.6 is 0 Å². The van der Waals surface area contributed by atoms with E-state index in [1.165, 1.54) is 19.3 Å². The number of hydrogen-bond donors (Lipinski definition) is 0. The van der Waals surface area contributed by atoms with Crippen molar-refractivity contribution in [3.8, 4) is 0 Å². The van der Waals surface area contributed by atoms with Gasteiger partial charge in [0, 0.05) is 0 Å². The quantitative estimate of drug-likeness (QED) is 0.613. The van der Waals surface area contributed by atoms with Gasteiger partial charge in [-0.05, 0) is 48.3 Å². The van der Waals surface area contributed by atoms with E-state index >= 15 is 0 Å². The standard InChI is InChI=1S/C13H24/c1-5-9(2)6-12-8-13(11(12)4)7-10(13)3/h9-12H,5-8H2,1-4H3. The first kappa shape index (κ1) is 9.55. The van der Waals surface area contributed by atoms with E-state index in [1.807, 2.05) is 0 Å². The van der Waals surface area contributed by atoms with Gasteiger partial charge in [-0.1, -0.05) is 34.1 Å². The molecule has 0 aromatic carbocycles. The molecule has 0 N–H and O–H groups in total. The maximum absolute atomic E-state index is 2.50. The van der Waals surface area contributed by atoms with Crippen LogP contribution in [0.4, 0.5) is 0 Å².